The maximum atomic E-state index is 12.3. The first-order valence-electron chi connectivity index (χ1n) is 9.24. The van der Waals surface area contributed by atoms with E-state index < -0.39 is 18.0 Å². The lowest BCUT2D eigenvalue weighted by atomic mass is 10.1. The van der Waals surface area contributed by atoms with Crippen molar-refractivity contribution in [1.82, 2.24) is 0 Å². The number of carbonyl (C=O) groups excluding carboxylic acids is 3. The molecule has 3 rings (SSSR count). The maximum Gasteiger partial charge on any atom is 0.375 e. The Bertz CT molecular complexity index is 1050. The molecule has 1 amide bonds. The third kappa shape index (κ3) is 4.94. The third-order valence-electron chi connectivity index (χ3n) is 4.39. The largest absolute Gasteiger partial charge is 0.497 e. The van der Waals surface area contributed by atoms with Crippen molar-refractivity contribution in [2.24, 2.45) is 0 Å². The zero-order chi connectivity index (χ0) is 21.7. The van der Waals surface area contributed by atoms with Crippen LogP contribution in [0.4, 0.5) is 5.69 Å². The maximum absolute atomic E-state index is 12.3. The number of rotatable bonds is 7. The van der Waals surface area contributed by atoms with Gasteiger partial charge in [0.1, 0.15) is 11.5 Å². The van der Waals surface area contributed by atoms with Crippen LogP contribution in [0.3, 0.4) is 0 Å². The number of nitrogens with one attached hydrogen (secondary N) is 1. The van der Waals surface area contributed by atoms with Gasteiger partial charge >= 0.3 is 5.97 Å². The highest BCUT2D eigenvalue weighted by atomic mass is 16.6. The molecule has 0 unspecified atom stereocenters. The molecule has 0 aliphatic carbocycles. The highest BCUT2D eigenvalue weighted by molar-refractivity contribution is 5.97. The van der Waals surface area contributed by atoms with Crippen LogP contribution in [-0.4, -0.2) is 30.9 Å². The van der Waals surface area contributed by atoms with Gasteiger partial charge in [0.15, 0.2) is 11.9 Å². The van der Waals surface area contributed by atoms with E-state index in [4.69, 9.17) is 13.9 Å². The van der Waals surface area contributed by atoms with Crippen LogP contribution >= 0.6 is 0 Å². The summed E-state index contributed by atoms with van der Waals surface area (Å²) in [5.41, 5.74) is 1.85. The highest BCUT2D eigenvalue weighted by Gasteiger charge is 2.21. The minimum atomic E-state index is -1.02. The molecule has 0 radical (unpaired) electrons. The Balaban J connectivity index is 1.61. The summed E-state index contributed by atoms with van der Waals surface area (Å²) < 4.78 is 15.8. The number of hydrogen-bond donors (Lipinski definition) is 1. The third-order valence-corrected chi connectivity index (χ3v) is 4.39. The lowest BCUT2D eigenvalue weighted by molar-refractivity contribution is -0.123. The van der Waals surface area contributed by atoms with Gasteiger partial charge in [0.25, 0.3) is 5.91 Å². The standard InChI is InChI=1S/C23H21NO6/c1-14(25)16-4-6-17(7-5-16)20-12-13-21(30-20)23(27)29-15(2)22(26)24-18-8-10-19(28-3)11-9-18/h4-13,15H,1-3H3,(H,24,26)/t15-/m1/s1. The molecule has 0 saturated carbocycles. The molecule has 30 heavy (non-hydrogen) atoms. The Kier molecular flexibility index (Phi) is 6.32. The minimum Gasteiger partial charge on any atom is -0.497 e. The first kappa shape index (κ1) is 20.9. The second-order valence-corrected chi connectivity index (χ2v) is 6.56. The predicted molar refractivity (Wildman–Crippen MR) is 111 cm³/mol. The van der Waals surface area contributed by atoms with Gasteiger partial charge in [-0.3, -0.25) is 9.59 Å². The van der Waals surface area contributed by atoms with Crippen LogP contribution in [0, 0.1) is 0 Å². The van der Waals surface area contributed by atoms with Crippen LogP contribution in [0.15, 0.2) is 65.1 Å². The van der Waals surface area contributed by atoms with E-state index in [1.54, 1.807) is 61.7 Å². The van der Waals surface area contributed by atoms with Crippen LogP contribution in [0.2, 0.25) is 0 Å². The average molecular weight is 407 g/mol. The second-order valence-electron chi connectivity index (χ2n) is 6.56. The number of amides is 1. The van der Waals surface area contributed by atoms with Crippen LogP contribution in [-0.2, 0) is 9.53 Å². The fourth-order valence-electron chi connectivity index (χ4n) is 2.66. The molecule has 1 heterocycles. The van der Waals surface area contributed by atoms with Crippen LogP contribution in [0.1, 0.15) is 34.8 Å². The van der Waals surface area contributed by atoms with Gasteiger partial charge in [0, 0.05) is 16.8 Å². The molecular formula is C23H21NO6. The Morgan fingerprint density at radius 2 is 1.60 bits per heavy atom. The molecule has 1 aromatic heterocycles. The summed E-state index contributed by atoms with van der Waals surface area (Å²) in [5, 5.41) is 2.67. The lowest BCUT2D eigenvalue weighted by Crippen LogP contribution is -2.29. The molecule has 0 aliphatic rings. The van der Waals surface area contributed by atoms with Crippen LogP contribution in [0.5, 0.6) is 5.75 Å². The summed E-state index contributed by atoms with van der Waals surface area (Å²) in [7, 11) is 1.55. The van der Waals surface area contributed by atoms with E-state index >= 15 is 0 Å². The molecule has 1 N–H and O–H groups in total. The number of benzene rings is 2. The van der Waals surface area contributed by atoms with Crippen LogP contribution < -0.4 is 10.1 Å². The molecule has 0 bridgehead atoms. The number of methoxy groups -OCH3 is 1. The van der Waals surface area contributed by atoms with Crippen molar-refractivity contribution in [1.29, 1.82) is 0 Å². The number of esters is 1. The fraction of sp³-hybridized carbons (Fsp3) is 0.174. The van der Waals surface area contributed by atoms with Crippen molar-refractivity contribution in [3.63, 3.8) is 0 Å². The molecule has 7 nitrogen and oxygen atoms in total. The van der Waals surface area contributed by atoms with Gasteiger partial charge in [-0.25, -0.2) is 4.79 Å². The molecular weight excluding hydrogens is 386 g/mol. The smallest absolute Gasteiger partial charge is 0.375 e. The molecule has 1 atom stereocenters. The summed E-state index contributed by atoms with van der Waals surface area (Å²) in [4.78, 5) is 36.0. The number of furan rings is 1. The molecule has 2 aromatic carbocycles. The van der Waals surface area contributed by atoms with E-state index in [-0.39, 0.29) is 11.5 Å². The molecule has 7 heteroatoms. The summed E-state index contributed by atoms with van der Waals surface area (Å²) in [6.07, 6.45) is -1.02. The zero-order valence-corrected chi connectivity index (χ0v) is 16.8. The van der Waals surface area contributed by atoms with Gasteiger partial charge in [-0.15, -0.1) is 0 Å². The second kappa shape index (κ2) is 9.09. The highest BCUT2D eigenvalue weighted by Crippen LogP contribution is 2.23. The number of anilines is 1. The van der Waals surface area contributed by atoms with Gasteiger partial charge in [0.2, 0.25) is 5.76 Å². The van der Waals surface area contributed by atoms with Gasteiger partial charge in [-0.2, -0.15) is 0 Å². The number of Topliss-reactive ketones (excluding diaryl/α,β-unsaturated/α-hetero) is 1. The van der Waals surface area contributed by atoms with Gasteiger partial charge in [0.05, 0.1) is 7.11 Å². The lowest BCUT2D eigenvalue weighted by Gasteiger charge is -2.13. The summed E-state index contributed by atoms with van der Waals surface area (Å²) in [5.74, 6) is -0.166. The van der Waals surface area contributed by atoms with Crippen molar-refractivity contribution in [3.8, 4) is 17.1 Å². The van der Waals surface area contributed by atoms with Crippen molar-refractivity contribution in [2.75, 3.05) is 12.4 Å². The van der Waals surface area contributed by atoms with Crippen molar-refractivity contribution >= 4 is 23.3 Å². The topological polar surface area (TPSA) is 94.8 Å². The number of ketones is 1. The monoisotopic (exact) mass is 407 g/mol. The van der Waals surface area contributed by atoms with E-state index in [1.165, 1.54) is 19.9 Å². The van der Waals surface area contributed by atoms with Gasteiger partial charge in [-0.05, 0) is 50.2 Å². The quantitative estimate of drug-likeness (QED) is 0.462. The van der Waals surface area contributed by atoms with E-state index in [2.05, 4.69) is 5.32 Å². The van der Waals surface area contributed by atoms with Crippen molar-refractivity contribution < 1.29 is 28.3 Å². The number of carbonyl (C=O) groups is 3. The summed E-state index contributed by atoms with van der Waals surface area (Å²) >= 11 is 0. The first-order valence-corrected chi connectivity index (χ1v) is 9.24. The number of ether oxygens (including phenoxy) is 2. The van der Waals surface area contributed by atoms with Crippen LogP contribution in [0.25, 0.3) is 11.3 Å². The average Bonchev–Trinajstić information content (AvgIpc) is 3.24. The van der Waals surface area contributed by atoms with Gasteiger partial charge in [-0.1, -0.05) is 24.3 Å². The van der Waals surface area contributed by atoms with E-state index in [0.717, 1.165) is 0 Å². The Morgan fingerprint density at radius 3 is 2.20 bits per heavy atom. The zero-order valence-electron chi connectivity index (χ0n) is 16.8. The van der Waals surface area contributed by atoms with Crippen molar-refractivity contribution in [2.45, 2.75) is 20.0 Å². The molecule has 0 saturated heterocycles. The van der Waals surface area contributed by atoms with E-state index in [9.17, 15) is 14.4 Å². The molecule has 0 spiro atoms. The fourth-order valence-corrected chi connectivity index (χ4v) is 2.66. The normalized spacial score (nSPS) is 11.4. The number of hydrogen-bond acceptors (Lipinski definition) is 6. The summed E-state index contributed by atoms with van der Waals surface area (Å²) in [6.45, 7) is 2.96. The molecule has 154 valence electrons. The Morgan fingerprint density at radius 1 is 0.933 bits per heavy atom. The minimum absolute atomic E-state index is 0.0234. The summed E-state index contributed by atoms with van der Waals surface area (Å²) in [6, 6.07) is 16.7. The predicted octanol–water partition coefficient (Wildman–Crippen LogP) is 4.34. The van der Waals surface area contributed by atoms with E-state index in [1.807, 2.05) is 0 Å². The Hall–Kier alpha value is -3.87. The SMILES string of the molecule is COc1ccc(NC(=O)[C@@H](C)OC(=O)c2ccc(-c3ccc(C(C)=O)cc3)o2)cc1. The van der Waals surface area contributed by atoms with Crippen molar-refractivity contribution in [3.05, 3.63) is 72.0 Å². The molecule has 0 fully saturated rings. The Labute approximate surface area is 173 Å². The van der Waals surface area contributed by atoms with E-state index in [0.29, 0.717) is 28.3 Å². The molecule has 0 aliphatic heterocycles. The first-order chi connectivity index (χ1) is 14.4. The van der Waals surface area contributed by atoms with Gasteiger partial charge < -0.3 is 19.2 Å². The molecule has 3 aromatic rings.